The van der Waals surface area contributed by atoms with Crippen molar-refractivity contribution in [2.75, 3.05) is 0 Å². The predicted octanol–water partition coefficient (Wildman–Crippen LogP) is -0.874. The van der Waals surface area contributed by atoms with Gasteiger partial charge in [0.15, 0.2) is 0 Å². The van der Waals surface area contributed by atoms with Crippen molar-refractivity contribution in [3.8, 4) is 0 Å². The summed E-state index contributed by atoms with van der Waals surface area (Å²) in [7, 11) is 0. The van der Waals surface area contributed by atoms with Gasteiger partial charge in [0.25, 0.3) is 0 Å². The fourth-order valence-electron chi connectivity index (χ4n) is 0. The van der Waals surface area contributed by atoms with Crippen LogP contribution in [0.4, 0.5) is 0 Å². The fourth-order valence-corrected chi connectivity index (χ4v) is 0. The Morgan fingerprint density at radius 2 is 1.43 bits per heavy atom. The van der Waals surface area contributed by atoms with E-state index < -0.39 is 0 Å². The maximum absolute atomic E-state index is 8.68. The van der Waals surface area contributed by atoms with E-state index in [1.807, 2.05) is 0 Å². The number of rotatable bonds is 0. The number of hydrogen-bond acceptors (Lipinski definition) is 2. The predicted molar refractivity (Wildman–Crippen MR) is 21.2 cm³/mol. The molecule has 0 unspecified atom stereocenters. The van der Waals surface area contributed by atoms with Crippen LogP contribution in [-0.2, 0) is 30.0 Å². The van der Waals surface area contributed by atoms with E-state index in [4.69, 9.17) is 9.59 Å². The van der Waals surface area contributed by atoms with Crippen LogP contribution in [-0.4, -0.2) is 12.7 Å². The average molecular weight is 273 g/mol. The summed E-state index contributed by atoms with van der Waals surface area (Å²) in [6.45, 7) is 1.32. The Bertz CT molecular complexity index is 33.9. The summed E-state index contributed by atoms with van der Waals surface area (Å²) in [5, 5.41) is 0. The molecule has 4 heteroatoms. The van der Waals surface area contributed by atoms with Crippen LogP contribution in [0.2, 0.25) is 0 Å². The van der Waals surface area contributed by atoms with Gasteiger partial charge in [-0.2, -0.15) is 13.3 Å². The molecule has 1 radical (unpaired) electrons. The molecule has 7 heavy (non-hydrogen) atoms. The van der Waals surface area contributed by atoms with Crippen LogP contribution in [0, 0.1) is 0 Å². The zero-order valence-corrected chi connectivity index (χ0v) is 6.49. The SMILES string of the molecule is C[C-]=O.N[C-]=O.[Re]. The standard InChI is InChI=1S/C2H3O.CH2NO.Re/c1-2-3;2-1-3;/h1H3;(H2,2,3);/q2*-1;. The van der Waals surface area contributed by atoms with E-state index in [-0.39, 0.29) is 20.4 Å². The summed E-state index contributed by atoms with van der Waals surface area (Å²) in [5.74, 6) is 0. The number of nitrogens with two attached hydrogens (primary N) is 1. The zero-order valence-electron chi connectivity index (χ0n) is 3.77. The van der Waals surface area contributed by atoms with Crippen molar-refractivity contribution in [2.45, 2.75) is 6.92 Å². The maximum atomic E-state index is 8.68. The molecule has 3 nitrogen and oxygen atoms in total. The van der Waals surface area contributed by atoms with Crippen LogP contribution in [0.3, 0.4) is 0 Å². The second-order valence-electron chi connectivity index (χ2n) is 0.322. The normalized spacial score (nSPS) is 3.57. The number of hydrogen-bond donors (Lipinski definition) is 1. The van der Waals surface area contributed by atoms with Crippen molar-refractivity contribution < 1.29 is 30.0 Å². The van der Waals surface area contributed by atoms with Crippen LogP contribution < -0.4 is 5.73 Å². The monoisotopic (exact) mass is 274 g/mol. The molecule has 0 saturated carbocycles. The molecule has 0 aliphatic rings. The van der Waals surface area contributed by atoms with Crippen molar-refractivity contribution >= 4 is 12.7 Å². The molecule has 0 fully saturated rings. The third-order valence-electron chi connectivity index (χ3n) is 0. The molecule has 0 aromatic heterocycles. The first kappa shape index (κ1) is 15.8. The third-order valence-corrected chi connectivity index (χ3v) is 0. The summed E-state index contributed by atoms with van der Waals surface area (Å²) < 4.78 is 0. The Morgan fingerprint density at radius 3 is 1.43 bits per heavy atom. The van der Waals surface area contributed by atoms with Gasteiger partial charge in [0, 0.05) is 20.4 Å². The van der Waals surface area contributed by atoms with Crippen LogP contribution >= 0.6 is 0 Å². The van der Waals surface area contributed by atoms with Crippen LogP contribution in [0.1, 0.15) is 6.92 Å². The first-order chi connectivity index (χ1) is 2.83. The minimum absolute atomic E-state index is 0. The summed E-state index contributed by atoms with van der Waals surface area (Å²) in [4.78, 5) is 17.1. The van der Waals surface area contributed by atoms with Crippen molar-refractivity contribution in [3.63, 3.8) is 0 Å². The van der Waals surface area contributed by atoms with E-state index >= 15 is 0 Å². The Kier molecular flexibility index (Phi) is 93.2. The molecule has 0 heterocycles. The Hall–Kier alpha value is -0.198. The van der Waals surface area contributed by atoms with Gasteiger partial charge in [0.2, 0.25) is 0 Å². The number of amides is 1. The molecule has 0 aliphatic carbocycles. The van der Waals surface area contributed by atoms with Crippen LogP contribution in [0.25, 0.3) is 0 Å². The molecule has 0 spiro atoms. The average Bonchev–Trinajstić information content (AvgIpc) is 1.39. The van der Waals surface area contributed by atoms with Gasteiger partial charge in [-0.25, -0.2) is 0 Å². The Balaban J connectivity index is -0.0000000400. The molecule has 43 valence electrons. The molecular weight excluding hydrogens is 268 g/mol. The first-order valence-corrected chi connectivity index (χ1v) is 1.20. The molecule has 0 aliphatic heterocycles. The van der Waals surface area contributed by atoms with Gasteiger partial charge < -0.3 is 15.3 Å². The van der Waals surface area contributed by atoms with Crippen molar-refractivity contribution in [3.05, 3.63) is 0 Å². The maximum Gasteiger partial charge on any atom is 0 e. The summed E-state index contributed by atoms with van der Waals surface area (Å²) in [6, 6.07) is 0. The van der Waals surface area contributed by atoms with Gasteiger partial charge >= 0.3 is 0 Å². The number of carbonyl (C=O) groups excluding carboxylic acids is 2. The van der Waals surface area contributed by atoms with Gasteiger partial charge in [-0.3, -0.25) is 6.29 Å². The van der Waals surface area contributed by atoms with Crippen LogP contribution in [0.5, 0.6) is 0 Å². The van der Waals surface area contributed by atoms with Gasteiger partial charge in [-0.05, 0) is 0 Å². The van der Waals surface area contributed by atoms with E-state index in [9.17, 15) is 0 Å². The van der Waals surface area contributed by atoms with E-state index in [1.165, 1.54) is 13.2 Å². The van der Waals surface area contributed by atoms with Crippen molar-refractivity contribution in [1.29, 1.82) is 0 Å². The van der Waals surface area contributed by atoms with Crippen molar-refractivity contribution in [2.24, 2.45) is 5.73 Å². The Morgan fingerprint density at radius 1 is 1.43 bits per heavy atom. The largest absolute Gasteiger partial charge is 0.543 e. The molecule has 0 saturated heterocycles. The molecule has 0 rings (SSSR count). The van der Waals surface area contributed by atoms with Gasteiger partial charge in [0.1, 0.15) is 0 Å². The molecule has 1 amide bonds. The minimum atomic E-state index is 0. The molecule has 0 aromatic rings. The quantitative estimate of drug-likeness (QED) is 0.460. The van der Waals surface area contributed by atoms with E-state index in [0.29, 0.717) is 0 Å². The second-order valence-corrected chi connectivity index (χ2v) is 0.322. The van der Waals surface area contributed by atoms with Gasteiger partial charge in [-0.15, -0.1) is 0 Å². The van der Waals surface area contributed by atoms with Crippen molar-refractivity contribution in [1.82, 2.24) is 0 Å². The summed E-state index contributed by atoms with van der Waals surface area (Å²) in [5.41, 5.74) is 4.04. The van der Waals surface area contributed by atoms with Gasteiger partial charge in [0.05, 0.1) is 0 Å². The molecule has 0 aromatic carbocycles. The van der Waals surface area contributed by atoms with E-state index in [2.05, 4.69) is 5.73 Å². The molecule has 2 N–H and O–H groups in total. The van der Waals surface area contributed by atoms with Crippen LogP contribution in [0.15, 0.2) is 0 Å². The van der Waals surface area contributed by atoms with E-state index in [0.717, 1.165) is 6.41 Å². The zero-order chi connectivity index (χ0) is 5.41. The smallest absolute Gasteiger partial charge is 0 e. The Labute approximate surface area is 55.9 Å². The number of primary amides is 1. The topological polar surface area (TPSA) is 60.2 Å². The minimum Gasteiger partial charge on any atom is -0.543 e. The summed E-state index contributed by atoms with van der Waals surface area (Å²) >= 11 is 0. The third kappa shape index (κ3) is 2150. The molecular formula is C3H5NO2Re-2. The van der Waals surface area contributed by atoms with Gasteiger partial charge in [-0.1, -0.05) is 0 Å². The fraction of sp³-hybridized carbons (Fsp3) is 0.333. The van der Waals surface area contributed by atoms with E-state index in [1.54, 1.807) is 0 Å². The first-order valence-electron chi connectivity index (χ1n) is 1.20. The second kappa shape index (κ2) is 41.2. The molecule has 0 atom stereocenters. The molecule has 0 bridgehead atoms. The summed E-state index contributed by atoms with van der Waals surface area (Å²) in [6.07, 6.45) is 2.50.